The van der Waals surface area contributed by atoms with Gasteiger partial charge in [0, 0.05) is 23.2 Å². The molecule has 3 rings (SSSR count). The van der Waals surface area contributed by atoms with E-state index in [9.17, 15) is 15.0 Å². The minimum absolute atomic E-state index is 0.00618. The number of rotatable bonds is 3. The normalized spacial score (nSPS) is 10.7. The van der Waals surface area contributed by atoms with E-state index in [1.807, 2.05) is 0 Å². The van der Waals surface area contributed by atoms with Crippen LogP contribution < -0.4 is 5.32 Å². The molecule has 0 atom stereocenters. The third-order valence-electron chi connectivity index (χ3n) is 3.43. The van der Waals surface area contributed by atoms with Crippen LogP contribution in [-0.2, 0) is 6.54 Å². The van der Waals surface area contributed by atoms with Crippen LogP contribution in [0.5, 0.6) is 11.5 Å². The fourth-order valence-electron chi connectivity index (χ4n) is 2.21. The van der Waals surface area contributed by atoms with Crippen LogP contribution in [0.3, 0.4) is 0 Å². The first kappa shape index (κ1) is 15.1. The Morgan fingerprint density at radius 3 is 2.61 bits per heavy atom. The van der Waals surface area contributed by atoms with Gasteiger partial charge in [0.25, 0.3) is 5.91 Å². The number of benzene rings is 2. The van der Waals surface area contributed by atoms with E-state index >= 15 is 0 Å². The molecule has 1 heterocycles. The predicted octanol–water partition coefficient (Wildman–Crippen LogP) is 3.23. The number of hydrogen-bond acceptors (Lipinski definition) is 4. The van der Waals surface area contributed by atoms with Gasteiger partial charge in [-0.3, -0.25) is 9.78 Å². The maximum absolute atomic E-state index is 12.2. The van der Waals surface area contributed by atoms with Crippen LogP contribution in [0.15, 0.2) is 48.7 Å². The summed E-state index contributed by atoms with van der Waals surface area (Å²) in [6.07, 6.45) is 1.31. The second-order valence-corrected chi connectivity index (χ2v) is 5.47. The van der Waals surface area contributed by atoms with Crippen LogP contribution in [0.1, 0.15) is 15.9 Å². The van der Waals surface area contributed by atoms with Crippen molar-refractivity contribution in [1.82, 2.24) is 10.3 Å². The molecule has 0 aliphatic heterocycles. The van der Waals surface area contributed by atoms with E-state index in [2.05, 4.69) is 10.3 Å². The highest BCUT2D eigenvalue weighted by atomic mass is 35.5. The Kier molecular flexibility index (Phi) is 4.04. The molecule has 0 bridgehead atoms. The van der Waals surface area contributed by atoms with Gasteiger partial charge >= 0.3 is 0 Å². The maximum Gasteiger partial charge on any atom is 0.256 e. The molecule has 0 radical (unpaired) electrons. The Hall–Kier alpha value is -2.79. The number of fused-ring (bicyclic) bond motifs is 1. The molecule has 0 spiro atoms. The number of aromatic hydroxyl groups is 2. The van der Waals surface area contributed by atoms with Crippen LogP contribution in [-0.4, -0.2) is 21.1 Å². The van der Waals surface area contributed by atoms with Gasteiger partial charge in [0.15, 0.2) is 0 Å². The quantitative estimate of drug-likeness (QED) is 0.689. The van der Waals surface area contributed by atoms with E-state index in [-0.39, 0.29) is 17.1 Å². The first-order valence-electron chi connectivity index (χ1n) is 6.88. The van der Waals surface area contributed by atoms with Gasteiger partial charge in [0.05, 0.1) is 5.52 Å². The molecule has 0 fully saturated rings. The summed E-state index contributed by atoms with van der Waals surface area (Å²) < 4.78 is 0. The summed E-state index contributed by atoms with van der Waals surface area (Å²) in [5, 5.41) is 23.4. The zero-order chi connectivity index (χ0) is 16.4. The molecule has 23 heavy (non-hydrogen) atoms. The molecule has 1 amide bonds. The van der Waals surface area contributed by atoms with E-state index in [0.29, 0.717) is 22.5 Å². The fourth-order valence-corrected chi connectivity index (χ4v) is 2.34. The van der Waals surface area contributed by atoms with E-state index in [1.165, 1.54) is 18.3 Å². The number of aromatic nitrogens is 1. The van der Waals surface area contributed by atoms with Crippen molar-refractivity contribution in [3.63, 3.8) is 0 Å². The van der Waals surface area contributed by atoms with Crippen molar-refractivity contribution in [2.24, 2.45) is 0 Å². The summed E-state index contributed by atoms with van der Waals surface area (Å²) >= 11 is 5.81. The van der Waals surface area contributed by atoms with Crippen molar-refractivity contribution >= 4 is 28.4 Å². The zero-order valence-electron chi connectivity index (χ0n) is 12.0. The lowest BCUT2D eigenvalue weighted by Gasteiger charge is -2.09. The minimum Gasteiger partial charge on any atom is -0.508 e. The average Bonchev–Trinajstić information content (AvgIpc) is 2.55. The number of phenolic OH excluding ortho intramolecular Hbond substituents is 1. The summed E-state index contributed by atoms with van der Waals surface area (Å²) in [6, 6.07) is 11.5. The molecule has 116 valence electrons. The lowest BCUT2D eigenvalue weighted by molar-refractivity contribution is 0.0948. The molecule has 0 aliphatic carbocycles. The van der Waals surface area contributed by atoms with Gasteiger partial charge in [-0.05, 0) is 35.9 Å². The summed E-state index contributed by atoms with van der Waals surface area (Å²) in [6.45, 7) is 0.299. The number of carbonyl (C=O) groups is 1. The highest BCUT2D eigenvalue weighted by Crippen LogP contribution is 2.29. The van der Waals surface area contributed by atoms with Crippen molar-refractivity contribution in [3.05, 3.63) is 64.8 Å². The molecule has 3 N–H and O–H groups in total. The largest absolute Gasteiger partial charge is 0.508 e. The van der Waals surface area contributed by atoms with Gasteiger partial charge in [-0.2, -0.15) is 0 Å². The van der Waals surface area contributed by atoms with Crippen LogP contribution in [0.25, 0.3) is 10.9 Å². The highest BCUT2D eigenvalue weighted by molar-refractivity contribution is 6.30. The van der Waals surface area contributed by atoms with Crippen molar-refractivity contribution in [3.8, 4) is 11.5 Å². The second kappa shape index (κ2) is 6.14. The minimum atomic E-state index is -0.449. The topological polar surface area (TPSA) is 82.5 Å². The average molecular weight is 329 g/mol. The Labute approximate surface area is 137 Å². The number of hydrogen-bond donors (Lipinski definition) is 3. The number of nitrogens with zero attached hydrogens (tertiary/aromatic N) is 1. The number of nitrogens with one attached hydrogen (secondary N) is 1. The van der Waals surface area contributed by atoms with Crippen molar-refractivity contribution in [2.75, 3.05) is 0 Å². The van der Waals surface area contributed by atoms with E-state index in [1.54, 1.807) is 30.3 Å². The van der Waals surface area contributed by atoms with Crippen LogP contribution in [0.4, 0.5) is 0 Å². The SMILES string of the molecule is O=C(NCc1ccc(Cl)cc1)c1cnc2ccc(O)cc2c1O. The Bertz CT molecular complexity index is 879. The lowest BCUT2D eigenvalue weighted by atomic mass is 10.1. The van der Waals surface area contributed by atoms with Gasteiger partial charge in [0.1, 0.15) is 17.1 Å². The number of amides is 1. The van der Waals surface area contributed by atoms with Crippen molar-refractivity contribution < 1.29 is 15.0 Å². The van der Waals surface area contributed by atoms with Gasteiger partial charge in [-0.1, -0.05) is 23.7 Å². The first-order chi connectivity index (χ1) is 11.0. The van der Waals surface area contributed by atoms with Gasteiger partial charge in [-0.25, -0.2) is 0 Å². The predicted molar refractivity (Wildman–Crippen MR) is 87.7 cm³/mol. The third-order valence-corrected chi connectivity index (χ3v) is 3.69. The molecule has 0 unspecified atom stereocenters. The molecule has 6 heteroatoms. The third kappa shape index (κ3) is 3.19. The van der Waals surface area contributed by atoms with E-state index in [4.69, 9.17) is 11.6 Å². The molecular formula is C17H13ClN2O3. The Morgan fingerprint density at radius 1 is 1.13 bits per heavy atom. The summed E-state index contributed by atoms with van der Waals surface area (Å²) in [4.78, 5) is 16.4. The smallest absolute Gasteiger partial charge is 0.256 e. The summed E-state index contributed by atoms with van der Waals surface area (Å²) in [7, 11) is 0. The molecule has 0 saturated carbocycles. The van der Waals surface area contributed by atoms with Gasteiger partial charge in [0.2, 0.25) is 0 Å². The monoisotopic (exact) mass is 328 g/mol. The number of pyridine rings is 1. The van der Waals surface area contributed by atoms with Crippen LogP contribution >= 0.6 is 11.6 Å². The van der Waals surface area contributed by atoms with Gasteiger partial charge in [-0.15, -0.1) is 0 Å². The zero-order valence-corrected chi connectivity index (χ0v) is 12.7. The van der Waals surface area contributed by atoms with Crippen LogP contribution in [0, 0.1) is 0 Å². The Morgan fingerprint density at radius 2 is 1.87 bits per heavy atom. The van der Waals surface area contributed by atoms with Gasteiger partial charge < -0.3 is 15.5 Å². The maximum atomic E-state index is 12.2. The van der Waals surface area contributed by atoms with Crippen molar-refractivity contribution in [2.45, 2.75) is 6.54 Å². The number of phenols is 1. The van der Waals surface area contributed by atoms with Crippen molar-refractivity contribution in [1.29, 1.82) is 0 Å². The van der Waals surface area contributed by atoms with Crippen LogP contribution in [0.2, 0.25) is 5.02 Å². The highest BCUT2D eigenvalue weighted by Gasteiger charge is 2.15. The lowest BCUT2D eigenvalue weighted by Crippen LogP contribution is -2.23. The first-order valence-corrected chi connectivity index (χ1v) is 7.26. The summed E-state index contributed by atoms with van der Waals surface area (Å²) in [5.41, 5.74) is 1.43. The number of carbonyl (C=O) groups excluding carboxylic acids is 1. The molecule has 3 aromatic rings. The standard InChI is InChI=1S/C17H13ClN2O3/c18-11-3-1-10(2-4-11)8-20-17(23)14-9-19-15-6-5-12(21)7-13(15)16(14)22/h1-7,9,21H,8H2,(H,19,22)(H,20,23). The summed E-state index contributed by atoms with van der Waals surface area (Å²) in [5.74, 6) is -0.664. The second-order valence-electron chi connectivity index (χ2n) is 5.03. The van der Waals surface area contributed by atoms with E-state index in [0.717, 1.165) is 5.56 Å². The fraction of sp³-hybridized carbons (Fsp3) is 0.0588. The Balaban J connectivity index is 1.83. The molecule has 5 nitrogen and oxygen atoms in total. The molecule has 0 aliphatic rings. The molecule has 2 aromatic carbocycles. The van der Waals surface area contributed by atoms with E-state index < -0.39 is 5.91 Å². The molecule has 1 aromatic heterocycles. The molecular weight excluding hydrogens is 316 g/mol. The number of halogens is 1. The molecule has 0 saturated heterocycles.